The molecule has 0 saturated carbocycles. The number of cyclic esters (lactones) is 1. The molecule has 0 aromatic heterocycles. The maximum absolute atomic E-state index is 10.8. The molecule has 3 heteroatoms. The van der Waals surface area contributed by atoms with E-state index < -0.39 is 0 Å². The molecule has 2 rings (SSSR count). The van der Waals surface area contributed by atoms with Crippen LogP contribution in [0.5, 0.6) is 0 Å². The lowest BCUT2D eigenvalue weighted by Crippen LogP contribution is -2.20. The summed E-state index contributed by atoms with van der Waals surface area (Å²) in [6.45, 7) is 6.36. The fraction of sp³-hybridized carbons (Fsp3) is 0.364. The molecule has 1 aliphatic heterocycles. The van der Waals surface area contributed by atoms with Gasteiger partial charge < -0.3 is 4.74 Å². The van der Waals surface area contributed by atoms with E-state index in [1.165, 1.54) is 0 Å². The Hall–Kier alpha value is -1.51. The lowest BCUT2D eigenvalue weighted by atomic mass is 10.1. The summed E-state index contributed by atoms with van der Waals surface area (Å²) >= 11 is 0. The van der Waals surface area contributed by atoms with Crippen molar-refractivity contribution in [2.75, 3.05) is 5.32 Å². The summed E-state index contributed by atoms with van der Waals surface area (Å²) < 4.78 is 4.79. The van der Waals surface area contributed by atoms with Gasteiger partial charge in [-0.2, -0.15) is 0 Å². The molecule has 1 aliphatic rings. The molecule has 14 heavy (non-hydrogen) atoms. The van der Waals surface area contributed by atoms with E-state index in [2.05, 4.69) is 5.32 Å². The van der Waals surface area contributed by atoms with Crippen molar-refractivity contribution in [3.8, 4) is 0 Å². The Morgan fingerprint density at radius 1 is 1.43 bits per heavy atom. The van der Waals surface area contributed by atoms with Crippen molar-refractivity contribution >= 4 is 11.8 Å². The van der Waals surface area contributed by atoms with Crippen LogP contribution in [-0.2, 0) is 11.3 Å². The van der Waals surface area contributed by atoms with Crippen molar-refractivity contribution in [1.29, 1.82) is 0 Å². The van der Waals surface area contributed by atoms with Gasteiger partial charge in [0.25, 0.3) is 0 Å². The number of carbonyl (C=O) groups excluding carboxylic acids is 1. The molecule has 0 fully saturated rings. The Kier molecular flexibility index (Phi) is 3.51. The number of anilines is 1. The first kappa shape index (κ1) is 10.6. The molecule has 0 unspecified atom stereocenters. The van der Waals surface area contributed by atoms with Crippen LogP contribution >= 0.6 is 0 Å². The van der Waals surface area contributed by atoms with E-state index in [-0.39, 0.29) is 7.52 Å². The molecule has 0 bridgehead atoms. The molecule has 1 N–H and O–H groups in total. The molecule has 1 amide bonds. The van der Waals surface area contributed by atoms with Gasteiger partial charge in [-0.25, -0.2) is 4.79 Å². The zero-order chi connectivity index (χ0) is 10.6. The molecule has 0 spiro atoms. The summed E-state index contributed by atoms with van der Waals surface area (Å²) in [5.74, 6) is 0. The Morgan fingerprint density at radius 3 is 2.86 bits per heavy atom. The van der Waals surface area contributed by atoms with Crippen LogP contribution in [0.3, 0.4) is 0 Å². The van der Waals surface area contributed by atoms with Crippen molar-refractivity contribution in [3.05, 3.63) is 29.3 Å². The van der Waals surface area contributed by atoms with E-state index in [0.29, 0.717) is 6.61 Å². The molecule has 1 aromatic rings. The van der Waals surface area contributed by atoms with Crippen LogP contribution in [0.15, 0.2) is 18.2 Å². The van der Waals surface area contributed by atoms with Gasteiger partial charge in [0.1, 0.15) is 6.61 Å². The van der Waals surface area contributed by atoms with Crippen LogP contribution in [0, 0.1) is 6.92 Å². The number of rotatable bonds is 0. The maximum atomic E-state index is 10.8. The van der Waals surface area contributed by atoms with Crippen LogP contribution in [0.25, 0.3) is 0 Å². The Bertz CT molecular complexity index is 339. The van der Waals surface area contributed by atoms with Crippen molar-refractivity contribution in [2.45, 2.75) is 27.4 Å². The number of fused-ring (bicyclic) bond motifs is 1. The summed E-state index contributed by atoms with van der Waals surface area (Å²) in [5.41, 5.74) is 3.03. The van der Waals surface area contributed by atoms with Crippen molar-refractivity contribution in [3.63, 3.8) is 0 Å². The Balaban J connectivity index is 0.000000617. The molecule has 0 aliphatic carbocycles. The van der Waals surface area contributed by atoms with Crippen LogP contribution in [0.1, 0.15) is 26.4 Å². The number of benzene rings is 1. The first-order chi connectivity index (χ1) is 6.75. The summed E-state index contributed by atoms with van der Waals surface area (Å²) in [6, 6.07) is 5.90. The fourth-order valence-electron chi connectivity index (χ4n) is 1.22. The highest BCUT2D eigenvalue weighted by atomic mass is 16.5. The summed E-state index contributed by atoms with van der Waals surface area (Å²) in [4.78, 5) is 10.8. The van der Waals surface area contributed by atoms with E-state index in [0.717, 1.165) is 16.8 Å². The first-order valence-electron chi connectivity index (χ1n) is 4.79. The molecular formula is C11H17NO2. The van der Waals surface area contributed by atoms with Crippen molar-refractivity contribution in [1.82, 2.24) is 0 Å². The van der Waals surface area contributed by atoms with Gasteiger partial charge in [-0.1, -0.05) is 26.0 Å². The van der Waals surface area contributed by atoms with E-state index in [1.807, 2.05) is 39.0 Å². The van der Waals surface area contributed by atoms with Crippen molar-refractivity contribution in [2.24, 2.45) is 0 Å². The third kappa shape index (κ3) is 2.25. The topological polar surface area (TPSA) is 38.3 Å². The normalized spacial score (nSPS) is 12.9. The van der Waals surface area contributed by atoms with Gasteiger partial charge in [-0.3, -0.25) is 5.32 Å². The lowest BCUT2D eigenvalue weighted by molar-refractivity contribution is 0.151. The average Bonchev–Trinajstić information content (AvgIpc) is 2.20. The minimum absolute atomic E-state index is 0. The van der Waals surface area contributed by atoms with Gasteiger partial charge in [0, 0.05) is 6.99 Å². The van der Waals surface area contributed by atoms with Gasteiger partial charge in [-0.05, 0) is 18.6 Å². The maximum Gasteiger partial charge on any atom is 0.411 e. The highest BCUT2D eigenvalue weighted by Gasteiger charge is 2.14. The Labute approximate surface area is 85.6 Å². The summed E-state index contributed by atoms with van der Waals surface area (Å²) in [6.07, 6.45) is -0.367. The number of ether oxygens (including phenoxy) is 1. The second-order valence-electron chi connectivity index (χ2n) is 2.86. The zero-order valence-electron chi connectivity index (χ0n) is 8.76. The van der Waals surface area contributed by atoms with E-state index in [1.54, 1.807) is 0 Å². The largest absolute Gasteiger partial charge is 0.444 e. The molecule has 0 saturated heterocycles. The lowest BCUT2D eigenvalue weighted by Gasteiger charge is -2.17. The zero-order valence-corrected chi connectivity index (χ0v) is 8.76. The first-order valence-corrected chi connectivity index (χ1v) is 4.79. The number of hydrogen-bond acceptors (Lipinski definition) is 2. The highest BCUT2D eigenvalue weighted by molar-refractivity contribution is 5.87. The predicted octanol–water partition coefficient (Wildman–Crippen LogP) is 3.33. The summed E-state index contributed by atoms with van der Waals surface area (Å²) in [5, 5.41) is 2.64. The second kappa shape index (κ2) is 4.65. The number of amides is 1. The van der Waals surface area contributed by atoms with Crippen LogP contribution in [0.2, 0.25) is 0 Å². The minimum atomic E-state index is -0.367. The summed E-state index contributed by atoms with van der Waals surface area (Å²) in [7, 11) is 0. The minimum Gasteiger partial charge on any atom is -0.444 e. The fourth-order valence-corrected chi connectivity index (χ4v) is 1.22. The van der Waals surface area contributed by atoms with E-state index in [4.69, 9.17) is 4.74 Å². The van der Waals surface area contributed by atoms with Crippen LogP contribution < -0.4 is 5.32 Å². The Morgan fingerprint density at radius 2 is 2.14 bits per heavy atom. The number of aryl methyl sites for hydroxylation is 1. The van der Waals surface area contributed by atoms with Crippen molar-refractivity contribution < 1.29 is 11.0 Å². The molecule has 0 atom stereocenters. The third-order valence-corrected chi connectivity index (χ3v) is 1.86. The number of nitrogens with one attached hydrogen (secondary N) is 1. The van der Waals surface area contributed by atoms with Crippen LogP contribution in [0.4, 0.5) is 10.5 Å². The van der Waals surface area contributed by atoms with Gasteiger partial charge in [0.05, 0.1) is 5.69 Å². The van der Waals surface area contributed by atoms with Gasteiger partial charge >= 0.3 is 6.09 Å². The average molecular weight is 195 g/mol. The number of carbonyl (C=O) groups is 1. The standard InChI is InChI=1S/C9H9NO2.C2H6.H2/c1-6-2-3-7-5-12-9(11)10-8(7)4-6;1-2;/h2-4H,5H2,1H3,(H,10,11);1-2H3;1H. The molecular weight excluding hydrogens is 178 g/mol. The molecule has 0 radical (unpaired) electrons. The van der Waals surface area contributed by atoms with E-state index >= 15 is 0 Å². The van der Waals surface area contributed by atoms with Gasteiger partial charge in [0.2, 0.25) is 0 Å². The SMILES string of the molecule is CC.Cc1ccc2c(c1)NC(=O)OC2.[HH]. The monoisotopic (exact) mass is 195 g/mol. The molecule has 3 nitrogen and oxygen atoms in total. The quantitative estimate of drug-likeness (QED) is 0.689. The van der Waals surface area contributed by atoms with Crippen LogP contribution in [-0.4, -0.2) is 6.09 Å². The second-order valence-corrected chi connectivity index (χ2v) is 2.86. The number of hydrogen-bond donors (Lipinski definition) is 1. The third-order valence-electron chi connectivity index (χ3n) is 1.86. The molecule has 1 aromatic carbocycles. The predicted molar refractivity (Wildman–Crippen MR) is 58.4 cm³/mol. The van der Waals surface area contributed by atoms with Gasteiger partial charge in [0.15, 0.2) is 0 Å². The molecule has 1 heterocycles. The highest BCUT2D eigenvalue weighted by Crippen LogP contribution is 2.22. The van der Waals surface area contributed by atoms with E-state index in [9.17, 15) is 4.79 Å². The molecule has 78 valence electrons. The van der Waals surface area contributed by atoms with Gasteiger partial charge in [-0.15, -0.1) is 0 Å². The smallest absolute Gasteiger partial charge is 0.411 e.